The van der Waals surface area contributed by atoms with Crippen LogP contribution < -0.4 is 5.56 Å². The van der Waals surface area contributed by atoms with Gasteiger partial charge in [0.1, 0.15) is 0 Å². The number of ether oxygens (including phenoxy) is 1. The second-order valence-corrected chi connectivity index (χ2v) is 7.81. The van der Waals surface area contributed by atoms with Crippen LogP contribution in [0.1, 0.15) is 56.6 Å². The standard InChI is InChI=1S/C19H29N3O2/c23-19-11-18(16-4-5-16)20-14-22(19)12-15-6-8-21(9-7-15)13-17-3-1-2-10-24-17/h11,14-17H,1-10,12-13H2. The average molecular weight is 331 g/mol. The SMILES string of the molecule is O=c1cc(C2CC2)ncn1CC1CCN(CC2CCCCO2)CC1. The zero-order valence-corrected chi connectivity index (χ0v) is 14.5. The Morgan fingerprint density at radius 3 is 2.58 bits per heavy atom. The molecule has 2 aliphatic heterocycles. The number of nitrogens with zero attached hydrogens (tertiary/aromatic N) is 3. The predicted molar refractivity (Wildman–Crippen MR) is 93.2 cm³/mol. The molecule has 5 nitrogen and oxygen atoms in total. The lowest BCUT2D eigenvalue weighted by Crippen LogP contribution is -2.41. The van der Waals surface area contributed by atoms with Gasteiger partial charge in [0.05, 0.1) is 18.1 Å². The summed E-state index contributed by atoms with van der Waals surface area (Å²) in [5.41, 5.74) is 1.13. The molecule has 0 N–H and O–H groups in total. The average Bonchev–Trinajstić information content (AvgIpc) is 3.44. The highest BCUT2D eigenvalue weighted by atomic mass is 16.5. The fourth-order valence-corrected chi connectivity index (χ4v) is 4.05. The van der Waals surface area contributed by atoms with Crippen molar-refractivity contribution in [3.8, 4) is 0 Å². The predicted octanol–water partition coefficient (Wildman–Crippen LogP) is 2.40. The molecule has 3 heterocycles. The van der Waals surface area contributed by atoms with E-state index in [1.54, 1.807) is 12.4 Å². The summed E-state index contributed by atoms with van der Waals surface area (Å²) >= 11 is 0. The normalized spacial score (nSPS) is 26.6. The molecule has 0 radical (unpaired) electrons. The zero-order valence-electron chi connectivity index (χ0n) is 14.5. The Labute approximate surface area is 144 Å². The number of rotatable bonds is 5. The van der Waals surface area contributed by atoms with Crippen LogP contribution in [-0.2, 0) is 11.3 Å². The quantitative estimate of drug-likeness (QED) is 0.831. The molecule has 132 valence electrons. The molecule has 0 bridgehead atoms. The molecule has 5 heteroatoms. The molecule has 3 fully saturated rings. The molecule has 1 saturated carbocycles. The van der Waals surface area contributed by atoms with E-state index in [2.05, 4.69) is 9.88 Å². The number of hydrogen-bond donors (Lipinski definition) is 0. The Balaban J connectivity index is 1.26. The first-order valence-electron chi connectivity index (χ1n) is 9.68. The van der Waals surface area contributed by atoms with Crippen LogP contribution in [0.4, 0.5) is 0 Å². The fraction of sp³-hybridized carbons (Fsp3) is 0.789. The van der Waals surface area contributed by atoms with E-state index in [4.69, 9.17) is 4.74 Å². The van der Waals surface area contributed by atoms with Crippen LogP contribution in [0.25, 0.3) is 0 Å². The molecule has 24 heavy (non-hydrogen) atoms. The number of hydrogen-bond acceptors (Lipinski definition) is 4. The largest absolute Gasteiger partial charge is 0.377 e. The molecule has 1 aromatic heterocycles. The summed E-state index contributed by atoms with van der Waals surface area (Å²) in [4.78, 5) is 19.3. The summed E-state index contributed by atoms with van der Waals surface area (Å²) in [7, 11) is 0. The zero-order chi connectivity index (χ0) is 16.4. The van der Waals surface area contributed by atoms with Gasteiger partial charge in [-0.3, -0.25) is 9.36 Å². The molecule has 0 spiro atoms. The summed E-state index contributed by atoms with van der Waals surface area (Å²) in [6, 6.07) is 1.76. The van der Waals surface area contributed by atoms with Crippen molar-refractivity contribution in [3.05, 3.63) is 28.4 Å². The van der Waals surface area contributed by atoms with Crippen molar-refractivity contribution in [2.24, 2.45) is 5.92 Å². The van der Waals surface area contributed by atoms with E-state index in [0.717, 1.165) is 38.5 Å². The Morgan fingerprint density at radius 2 is 1.92 bits per heavy atom. The van der Waals surface area contributed by atoms with Gasteiger partial charge in [0.15, 0.2) is 0 Å². The molecule has 3 aliphatic rings. The molecule has 2 saturated heterocycles. The summed E-state index contributed by atoms with van der Waals surface area (Å²) in [5, 5.41) is 0. The van der Waals surface area contributed by atoms with Crippen LogP contribution in [0.5, 0.6) is 0 Å². The van der Waals surface area contributed by atoms with E-state index in [1.807, 2.05) is 4.57 Å². The highest BCUT2D eigenvalue weighted by molar-refractivity contribution is 5.12. The van der Waals surface area contributed by atoms with Crippen molar-refractivity contribution < 1.29 is 4.74 Å². The third-order valence-corrected chi connectivity index (χ3v) is 5.79. The minimum Gasteiger partial charge on any atom is -0.377 e. The molecule has 1 aliphatic carbocycles. The monoisotopic (exact) mass is 331 g/mol. The molecule has 0 aromatic carbocycles. The van der Waals surface area contributed by atoms with E-state index in [-0.39, 0.29) is 5.56 Å². The number of aromatic nitrogens is 2. The summed E-state index contributed by atoms with van der Waals surface area (Å²) in [6.07, 6.45) is 10.7. The van der Waals surface area contributed by atoms with Gasteiger partial charge in [0.2, 0.25) is 0 Å². The highest BCUT2D eigenvalue weighted by Crippen LogP contribution is 2.38. The Kier molecular flexibility index (Phi) is 4.99. The molecule has 0 amide bonds. The van der Waals surface area contributed by atoms with Crippen molar-refractivity contribution >= 4 is 0 Å². The Bertz CT molecular complexity index is 597. The maximum Gasteiger partial charge on any atom is 0.253 e. The second-order valence-electron chi connectivity index (χ2n) is 7.81. The highest BCUT2D eigenvalue weighted by Gasteiger charge is 2.26. The van der Waals surface area contributed by atoms with Gasteiger partial charge in [-0.25, -0.2) is 4.98 Å². The van der Waals surface area contributed by atoms with Crippen molar-refractivity contribution in [1.82, 2.24) is 14.5 Å². The van der Waals surface area contributed by atoms with E-state index in [9.17, 15) is 4.79 Å². The van der Waals surface area contributed by atoms with Crippen LogP contribution in [0, 0.1) is 5.92 Å². The van der Waals surface area contributed by atoms with Crippen molar-refractivity contribution in [1.29, 1.82) is 0 Å². The van der Waals surface area contributed by atoms with Crippen molar-refractivity contribution in [3.63, 3.8) is 0 Å². The molecule has 4 rings (SSSR count). The van der Waals surface area contributed by atoms with Gasteiger partial charge in [-0.15, -0.1) is 0 Å². The van der Waals surface area contributed by atoms with Gasteiger partial charge in [-0.2, -0.15) is 0 Å². The van der Waals surface area contributed by atoms with Gasteiger partial charge < -0.3 is 9.64 Å². The first-order chi connectivity index (χ1) is 11.8. The van der Waals surface area contributed by atoms with Gasteiger partial charge in [0, 0.05) is 31.7 Å². The van der Waals surface area contributed by atoms with E-state index >= 15 is 0 Å². The number of likely N-dealkylation sites (tertiary alicyclic amines) is 1. The van der Waals surface area contributed by atoms with E-state index < -0.39 is 0 Å². The summed E-state index contributed by atoms with van der Waals surface area (Å²) in [5.74, 6) is 1.15. The van der Waals surface area contributed by atoms with Crippen LogP contribution in [-0.4, -0.2) is 46.8 Å². The molecule has 1 aromatic rings. The summed E-state index contributed by atoms with van der Waals surface area (Å²) in [6.45, 7) is 5.11. The van der Waals surface area contributed by atoms with Crippen molar-refractivity contribution in [2.75, 3.05) is 26.2 Å². The van der Waals surface area contributed by atoms with Crippen LogP contribution in [0.2, 0.25) is 0 Å². The maximum atomic E-state index is 12.3. The minimum absolute atomic E-state index is 0.130. The molecular formula is C19H29N3O2. The molecule has 1 atom stereocenters. The third-order valence-electron chi connectivity index (χ3n) is 5.79. The van der Waals surface area contributed by atoms with Gasteiger partial charge >= 0.3 is 0 Å². The Hall–Kier alpha value is -1.20. The first kappa shape index (κ1) is 16.3. The second kappa shape index (κ2) is 7.36. The lowest BCUT2D eigenvalue weighted by molar-refractivity contribution is -0.0117. The third kappa shape index (κ3) is 4.06. The summed E-state index contributed by atoms with van der Waals surface area (Å²) < 4.78 is 7.68. The smallest absolute Gasteiger partial charge is 0.253 e. The van der Waals surface area contributed by atoms with Gasteiger partial charge in [-0.05, 0) is 64.0 Å². The fourth-order valence-electron chi connectivity index (χ4n) is 4.05. The van der Waals surface area contributed by atoms with Crippen LogP contribution >= 0.6 is 0 Å². The van der Waals surface area contributed by atoms with Gasteiger partial charge in [-0.1, -0.05) is 0 Å². The lowest BCUT2D eigenvalue weighted by Gasteiger charge is -2.35. The maximum absolute atomic E-state index is 12.3. The van der Waals surface area contributed by atoms with Crippen LogP contribution in [0.3, 0.4) is 0 Å². The lowest BCUT2D eigenvalue weighted by atomic mass is 9.96. The van der Waals surface area contributed by atoms with Gasteiger partial charge in [0.25, 0.3) is 5.56 Å². The Morgan fingerprint density at radius 1 is 1.08 bits per heavy atom. The topological polar surface area (TPSA) is 47.4 Å². The first-order valence-corrected chi connectivity index (χ1v) is 9.68. The van der Waals surface area contributed by atoms with E-state index in [0.29, 0.717) is 17.9 Å². The van der Waals surface area contributed by atoms with Crippen LogP contribution in [0.15, 0.2) is 17.2 Å². The van der Waals surface area contributed by atoms with E-state index in [1.165, 1.54) is 44.9 Å². The molecular weight excluding hydrogens is 302 g/mol. The van der Waals surface area contributed by atoms with Crippen molar-refractivity contribution in [2.45, 2.75) is 63.5 Å². The molecule has 1 unspecified atom stereocenters. The number of piperidine rings is 1. The minimum atomic E-state index is 0.130.